The summed E-state index contributed by atoms with van der Waals surface area (Å²) in [6, 6.07) is 8.31. The number of hydrogen-bond donors (Lipinski definition) is 1. The van der Waals surface area contributed by atoms with Gasteiger partial charge >= 0.3 is 0 Å². The second kappa shape index (κ2) is 13.2. The van der Waals surface area contributed by atoms with Crippen LogP contribution in [0.15, 0.2) is 29.3 Å². The zero-order valence-electron chi connectivity index (χ0n) is 19.0. The first-order chi connectivity index (χ1) is 14.2. The lowest BCUT2D eigenvalue weighted by Crippen LogP contribution is -2.52. The van der Waals surface area contributed by atoms with Gasteiger partial charge in [0.1, 0.15) is 5.75 Å². The van der Waals surface area contributed by atoms with Gasteiger partial charge in [-0.1, -0.05) is 19.1 Å². The number of piperazine rings is 1. The van der Waals surface area contributed by atoms with Crippen LogP contribution in [0.1, 0.15) is 33.1 Å². The van der Waals surface area contributed by atoms with E-state index < -0.39 is 0 Å². The van der Waals surface area contributed by atoms with Crippen LogP contribution in [-0.2, 0) is 0 Å². The standard InChI is InChI=1S/C23H39N5O.HI/c1-4-12-26-13-10-20(11-14-26)19-25-23(24-5-2)28-17-15-27(16-18-28)21-8-6-7-9-22(21)29-3;/h6-9,20H,4-5,10-19H2,1-3H3,(H,24,25);1H. The normalized spacial score (nSPS) is 18.8. The molecule has 0 unspecified atom stereocenters. The third-order valence-electron chi connectivity index (χ3n) is 6.09. The van der Waals surface area contributed by atoms with Crippen LogP contribution in [-0.4, -0.2) is 81.8 Å². The number of anilines is 1. The van der Waals surface area contributed by atoms with Crippen molar-refractivity contribution in [1.29, 1.82) is 0 Å². The van der Waals surface area contributed by atoms with Gasteiger partial charge in [-0.15, -0.1) is 24.0 Å². The number of likely N-dealkylation sites (tertiary alicyclic amines) is 1. The molecular weight excluding hydrogens is 489 g/mol. The Balaban J connectivity index is 0.00000320. The molecule has 6 nitrogen and oxygen atoms in total. The molecule has 1 N–H and O–H groups in total. The molecule has 2 heterocycles. The fourth-order valence-electron chi connectivity index (χ4n) is 4.40. The fourth-order valence-corrected chi connectivity index (χ4v) is 4.40. The molecule has 0 radical (unpaired) electrons. The smallest absolute Gasteiger partial charge is 0.194 e. The van der Waals surface area contributed by atoms with E-state index in [4.69, 9.17) is 9.73 Å². The minimum Gasteiger partial charge on any atom is -0.495 e. The van der Waals surface area contributed by atoms with E-state index >= 15 is 0 Å². The molecule has 2 saturated heterocycles. The van der Waals surface area contributed by atoms with Crippen molar-refractivity contribution in [2.24, 2.45) is 10.9 Å². The second-order valence-electron chi connectivity index (χ2n) is 8.13. The Morgan fingerprint density at radius 1 is 1.07 bits per heavy atom. The Bertz CT molecular complexity index is 640. The maximum absolute atomic E-state index is 5.55. The van der Waals surface area contributed by atoms with Crippen molar-refractivity contribution >= 4 is 35.6 Å². The van der Waals surface area contributed by atoms with Gasteiger partial charge in [0, 0.05) is 39.3 Å². The molecule has 0 aromatic heterocycles. The van der Waals surface area contributed by atoms with Crippen molar-refractivity contribution < 1.29 is 4.74 Å². The van der Waals surface area contributed by atoms with Crippen molar-refractivity contribution in [2.45, 2.75) is 33.1 Å². The SMILES string of the molecule is CCCN1CCC(CN=C(NCC)N2CCN(c3ccccc3OC)CC2)CC1.I. The minimum atomic E-state index is 0. The van der Waals surface area contributed by atoms with Crippen molar-refractivity contribution in [3.63, 3.8) is 0 Å². The molecule has 30 heavy (non-hydrogen) atoms. The fraction of sp³-hybridized carbons (Fsp3) is 0.696. The number of methoxy groups -OCH3 is 1. The first kappa shape index (κ1) is 25.0. The molecule has 2 aliphatic rings. The first-order valence-electron chi connectivity index (χ1n) is 11.4. The van der Waals surface area contributed by atoms with Crippen molar-refractivity contribution in [3.8, 4) is 5.75 Å². The van der Waals surface area contributed by atoms with Gasteiger partial charge in [0.15, 0.2) is 5.96 Å². The highest BCUT2D eigenvalue weighted by Gasteiger charge is 2.23. The molecule has 0 saturated carbocycles. The number of nitrogens with one attached hydrogen (secondary N) is 1. The topological polar surface area (TPSA) is 43.3 Å². The Hall–Kier alpha value is -1.22. The highest BCUT2D eigenvalue weighted by molar-refractivity contribution is 14.0. The van der Waals surface area contributed by atoms with Crippen LogP contribution in [0.3, 0.4) is 0 Å². The summed E-state index contributed by atoms with van der Waals surface area (Å²) in [5, 5.41) is 3.52. The van der Waals surface area contributed by atoms with Crippen LogP contribution >= 0.6 is 24.0 Å². The largest absolute Gasteiger partial charge is 0.495 e. The van der Waals surface area contributed by atoms with Gasteiger partial charge in [0.25, 0.3) is 0 Å². The Morgan fingerprint density at radius 3 is 2.40 bits per heavy atom. The zero-order chi connectivity index (χ0) is 20.5. The van der Waals surface area contributed by atoms with Crippen molar-refractivity contribution in [2.75, 3.05) is 70.9 Å². The Morgan fingerprint density at radius 2 is 1.77 bits per heavy atom. The Labute approximate surface area is 200 Å². The molecule has 0 amide bonds. The molecule has 0 atom stereocenters. The highest BCUT2D eigenvalue weighted by atomic mass is 127. The number of guanidine groups is 1. The van der Waals surface area contributed by atoms with Gasteiger partial charge in [-0.25, -0.2) is 0 Å². The third kappa shape index (κ3) is 6.90. The van der Waals surface area contributed by atoms with Crippen molar-refractivity contribution in [1.82, 2.24) is 15.1 Å². The number of nitrogens with zero attached hydrogens (tertiary/aromatic N) is 4. The summed E-state index contributed by atoms with van der Waals surface area (Å²) in [5.74, 6) is 2.77. The van der Waals surface area contributed by atoms with Crippen LogP contribution < -0.4 is 15.0 Å². The van der Waals surface area contributed by atoms with Gasteiger partial charge in [0.05, 0.1) is 12.8 Å². The molecule has 170 valence electrons. The number of para-hydroxylation sites is 2. The molecule has 0 spiro atoms. The minimum absolute atomic E-state index is 0. The lowest BCUT2D eigenvalue weighted by atomic mass is 9.97. The first-order valence-corrected chi connectivity index (χ1v) is 11.4. The van der Waals surface area contributed by atoms with E-state index in [0.717, 1.165) is 56.9 Å². The van der Waals surface area contributed by atoms with Crippen LogP contribution in [0.5, 0.6) is 5.75 Å². The molecule has 0 bridgehead atoms. The summed E-state index contributed by atoms with van der Waals surface area (Å²) in [7, 11) is 1.75. The number of rotatable bonds is 7. The van der Waals surface area contributed by atoms with E-state index in [1.807, 2.05) is 12.1 Å². The summed E-state index contributed by atoms with van der Waals surface area (Å²) in [6.45, 7) is 14.0. The molecule has 1 aromatic rings. The molecule has 7 heteroatoms. The second-order valence-corrected chi connectivity index (χ2v) is 8.13. The molecule has 3 rings (SSSR count). The van der Waals surface area contributed by atoms with E-state index in [0.29, 0.717) is 0 Å². The lowest BCUT2D eigenvalue weighted by Gasteiger charge is -2.38. The number of ether oxygens (including phenoxy) is 1. The summed E-state index contributed by atoms with van der Waals surface area (Å²) < 4.78 is 5.55. The predicted octanol–water partition coefficient (Wildman–Crippen LogP) is 3.52. The van der Waals surface area contributed by atoms with E-state index in [9.17, 15) is 0 Å². The van der Waals surface area contributed by atoms with Crippen LogP contribution in [0.25, 0.3) is 0 Å². The zero-order valence-corrected chi connectivity index (χ0v) is 21.3. The highest BCUT2D eigenvalue weighted by Crippen LogP contribution is 2.28. The molecule has 2 aliphatic heterocycles. The predicted molar refractivity (Wildman–Crippen MR) is 138 cm³/mol. The Kier molecular flexibility index (Phi) is 11.1. The van der Waals surface area contributed by atoms with Crippen LogP contribution in [0.4, 0.5) is 5.69 Å². The number of hydrogen-bond acceptors (Lipinski definition) is 4. The van der Waals surface area contributed by atoms with Gasteiger partial charge < -0.3 is 24.8 Å². The molecule has 1 aromatic carbocycles. The van der Waals surface area contributed by atoms with Gasteiger partial charge in [-0.2, -0.15) is 0 Å². The van der Waals surface area contributed by atoms with Gasteiger partial charge in [-0.05, 0) is 63.9 Å². The number of piperidine rings is 1. The quantitative estimate of drug-likeness (QED) is 0.333. The van der Waals surface area contributed by atoms with Gasteiger partial charge in [-0.3, -0.25) is 4.99 Å². The van der Waals surface area contributed by atoms with Gasteiger partial charge in [0.2, 0.25) is 0 Å². The number of benzene rings is 1. The van der Waals surface area contributed by atoms with Crippen LogP contribution in [0, 0.1) is 5.92 Å². The molecule has 2 fully saturated rings. The summed E-state index contributed by atoms with van der Waals surface area (Å²) in [6.07, 6.45) is 3.82. The average Bonchev–Trinajstić information content (AvgIpc) is 2.78. The monoisotopic (exact) mass is 529 g/mol. The summed E-state index contributed by atoms with van der Waals surface area (Å²) >= 11 is 0. The average molecular weight is 530 g/mol. The summed E-state index contributed by atoms with van der Waals surface area (Å²) in [5.41, 5.74) is 1.19. The third-order valence-corrected chi connectivity index (χ3v) is 6.09. The van der Waals surface area contributed by atoms with Crippen molar-refractivity contribution in [3.05, 3.63) is 24.3 Å². The number of aliphatic imine (C=N–C) groups is 1. The lowest BCUT2D eigenvalue weighted by molar-refractivity contribution is 0.188. The maximum Gasteiger partial charge on any atom is 0.194 e. The van der Waals surface area contributed by atoms with E-state index in [2.05, 4.69) is 46.0 Å². The summed E-state index contributed by atoms with van der Waals surface area (Å²) in [4.78, 5) is 12.5. The van der Waals surface area contributed by atoms with E-state index in [-0.39, 0.29) is 24.0 Å². The molecule has 0 aliphatic carbocycles. The molecular formula is C23H40IN5O. The van der Waals surface area contributed by atoms with E-state index in [1.54, 1.807) is 7.11 Å². The number of halogens is 1. The van der Waals surface area contributed by atoms with Crippen LogP contribution in [0.2, 0.25) is 0 Å². The van der Waals surface area contributed by atoms with E-state index in [1.165, 1.54) is 44.6 Å². The maximum atomic E-state index is 5.55.